The Labute approximate surface area is 162 Å². The quantitative estimate of drug-likeness (QED) is 0.363. The van der Waals surface area contributed by atoms with Gasteiger partial charge in [-0.2, -0.15) is 0 Å². The van der Waals surface area contributed by atoms with Gasteiger partial charge in [-0.15, -0.1) is 24.0 Å². The molecule has 0 aromatic heterocycles. The van der Waals surface area contributed by atoms with Crippen LogP contribution in [0.2, 0.25) is 0 Å². The molecular formula is C16H31IN4O3. The molecule has 2 saturated heterocycles. The van der Waals surface area contributed by atoms with Gasteiger partial charge in [0.25, 0.3) is 0 Å². The first-order chi connectivity index (χ1) is 11.1. The zero-order chi connectivity index (χ0) is 16.7. The Bertz CT molecular complexity index is 408. The van der Waals surface area contributed by atoms with Crippen molar-refractivity contribution in [3.8, 4) is 0 Å². The molecule has 1 amide bonds. The summed E-state index contributed by atoms with van der Waals surface area (Å²) in [7, 11) is 5.52. The van der Waals surface area contributed by atoms with Gasteiger partial charge < -0.3 is 24.6 Å². The fourth-order valence-corrected chi connectivity index (χ4v) is 2.78. The van der Waals surface area contributed by atoms with E-state index >= 15 is 0 Å². The van der Waals surface area contributed by atoms with Crippen molar-refractivity contribution in [2.45, 2.75) is 12.8 Å². The van der Waals surface area contributed by atoms with Crippen LogP contribution in [0.5, 0.6) is 0 Å². The molecule has 2 unspecified atom stereocenters. The number of hydrogen-bond donors (Lipinski definition) is 1. The number of hydrogen-bond acceptors (Lipinski definition) is 4. The van der Waals surface area contributed by atoms with Crippen LogP contribution in [0.4, 0.5) is 0 Å². The van der Waals surface area contributed by atoms with E-state index < -0.39 is 0 Å². The van der Waals surface area contributed by atoms with Crippen molar-refractivity contribution >= 4 is 35.8 Å². The monoisotopic (exact) mass is 454 g/mol. The normalized spacial score (nSPS) is 23.7. The van der Waals surface area contributed by atoms with Gasteiger partial charge in [0.2, 0.25) is 5.91 Å². The van der Waals surface area contributed by atoms with Crippen molar-refractivity contribution in [1.82, 2.24) is 15.1 Å². The topological polar surface area (TPSA) is 66.4 Å². The van der Waals surface area contributed by atoms with Crippen LogP contribution < -0.4 is 5.32 Å². The Kier molecular flexibility index (Phi) is 9.91. The third kappa shape index (κ3) is 7.10. The predicted molar refractivity (Wildman–Crippen MR) is 105 cm³/mol. The third-order valence-electron chi connectivity index (χ3n) is 4.35. The molecule has 140 valence electrons. The Morgan fingerprint density at radius 2 is 1.75 bits per heavy atom. The summed E-state index contributed by atoms with van der Waals surface area (Å²) < 4.78 is 10.9. The standard InChI is InChI=1S/C16H30N4O3.HI/c1-19(2)15(21)9-18-16(17-8-13-4-6-22-11-13)20(3)10-14-5-7-23-12-14;/h13-14H,4-12H2,1-3H3,(H,17,18);1H. The van der Waals surface area contributed by atoms with Gasteiger partial charge in [-0.1, -0.05) is 0 Å². The first kappa shape index (κ1) is 21.4. The van der Waals surface area contributed by atoms with E-state index in [-0.39, 0.29) is 36.4 Å². The van der Waals surface area contributed by atoms with Crippen molar-refractivity contribution in [2.24, 2.45) is 16.8 Å². The summed E-state index contributed by atoms with van der Waals surface area (Å²) in [5.74, 6) is 1.85. The molecule has 24 heavy (non-hydrogen) atoms. The molecule has 2 rings (SSSR count). The summed E-state index contributed by atoms with van der Waals surface area (Å²) in [4.78, 5) is 20.0. The third-order valence-corrected chi connectivity index (χ3v) is 4.35. The number of carbonyl (C=O) groups excluding carboxylic acids is 1. The van der Waals surface area contributed by atoms with Crippen LogP contribution in [-0.2, 0) is 14.3 Å². The molecule has 1 N–H and O–H groups in total. The van der Waals surface area contributed by atoms with E-state index in [1.54, 1.807) is 19.0 Å². The van der Waals surface area contributed by atoms with Crippen LogP contribution in [-0.4, -0.2) is 88.9 Å². The number of likely N-dealkylation sites (N-methyl/N-ethyl adjacent to an activating group) is 1. The highest BCUT2D eigenvalue weighted by Gasteiger charge is 2.21. The number of aliphatic imine (C=N–C) groups is 1. The Morgan fingerprint density at radius 1 is 1.12 bits per heavy atom. The molecule has 2 aliphatic heterocycles. The second kappa shape index (κ2) is 11.1. The summed E-state index contributed by atoms with van der Waals surface area (Å²) >= 11 is 0. The Morgan fingerprint density at radius 3 is 2.29 bits per heavy atom. The highest BCUT2D eigenvalue weighted by Crippen LogP contribution is 2.14. The second-order valence-corrected chi connectivity index (χ2v) is 6.65. The minimum Gasteiger partial charge on any atom is -0.381 e. The second-order valence-electron chi connectivity index (χ2n) is 6.65. The van der Waals surface area contributed by atoms with Gasteiger partial charge in [-0.3, -0.25) is 4.79 Å². The van der Waals surface area contributed by atoms with Gasteiger partial charge in [-0.05, 0) is 12.8 Å². The molecule has 0 aliphatic carbocycles. The van der Waals surface area contributed by atoms with E-state index in [2.05, 4.69) is 15.2 Å². The predicted octanol–water partition coefficient (Wildman–Crippen LogP) is 0.643. The summed E-state index contributed by atoms with van der Waals surface area (Å²) in [6.45, 7) is 5.19. The van der Waals surface area contributed by atoms with Gasteiger partial charge in [0.1, 0.15) is 6.54 Å². The van der Waals surface area contributed by atoms with E-state index in [4.69, 9.17) is 9.47 Å². The van der Waals surface area contributed by atoms with E-state index in [9.17, 15) is 4.79 Å². The lowest BCUT2D eigenvalue weighted by molar-refractivity contribution is -0.127. The Balaban J connectivity index is 0.00000288. The minimum atomic E-state index is 0. The molecule has 2 fully saturated rings. The largest absolute Gasteiger partial charge is 0.381 e. The van der Waals surface area contributed by atoms with Crippen LogP contribution in [0.15, 0.2) is 4.99 Å². The van der Waals surface area contributed by atoms with Crippen molar-refractivity contribution in [3.63, 3.8) is 0 Å². The fourth-order valence-electron chi connectivity index (χ4n) is 2.78. The molecular weight excluding hydrogens is 423 g/mol. The maximum Gasteiger partial charge on any atom is 0.243 e. The average Bonchev–Trinajstić information content (AvgIpc) is 3.20. The summed E-state index contributed by atoms with van der Waals surface area (Å²) in [6.07, 6.45) is 2.17. The van der Waals surface area contributed by atoms with Crippen molar-refractivity contribution in [1.29, 1.82) is 0 Å². The van der Waals surface area contributed by atoms with E-state index in [0.717, 1.165) is 58.3 Å². The summed E-state index contributed by atoms with van der Waals surface area (Å²) in [5, 5.41) is 3.41. The van der Waals surface area contributed by atoms with Gasteiger partial charge in [0, 0.05) is 59.3 Å². The minimum absolute atomic E-state index is 0. The van der Waals surface area contributed by atoms with Crippen molar-refractivity contribution < 1.29 is 14.3 Å². The molecule has 0 saturated carbocycles. The van der Waals surface area contributed by atoms with Crippen molar-refractivity contribution in [3.05, 3.63) is 0 Å². The highest BCUT2D eigenvalue weighted by molar-refractivity contribution is 14.0. The first-order valence-electron chi connectivity index (χ1n) is 8.41. The molecule has 0 radical (unpaired) electrons. The first-order valence-corrected chi connectivity index (χ1v) is 8.41. The lowest BCUT2D eigenvalue weighted by Crippen LogP contribution is -2.44. The van der Waals surface area contributed by atoms with Crippen molar-refractivity contribution in [2.75, 3.05) is 67.2 Å². The zero-order valence-electron chi connectivity index (χ0n) is 15.0. The SMILES string of the molecule is CN(C)C(=O)CN=C(NCC1CCOC1)N(C)CC1CCOC1.I. The number of nitrogens with one attached hydrogen (secondary N) is 1. The number of halogens is 1. The fraction of sp³-hybridized carbons (Fsp3) is 0.875. The van der Waals surface area contributed by atoms with E-state index in [0.29, 0.717) is 11.8 Å². The maximum atomic E-state index is 11.8. The summed E-state index contributed by atoms with van der Waals surface area (Å²) in [6, 6.07) is 0. The smallest absolute Gasteiger partial charge is 0.243 e. The molecule has 8 heteroatoms. The number of ether oxygens (including phenoxy) is 2. The van der Waals surface area contributed by atoms with E-state index in [1.165, 1.54) is 0 Å². The molecule has 2 aliphatic rings. The molecule has 7 nitrogen and oxygen atoms in total. The molecule has 0 aromatic rings. The molecule has 0 aromatic carbocycles. The average molecular weight is 454 g/mol. The van der Waals surface area contributed by atoms with Gasteiger partial charge in [0.15, 0.2) is 5.96 Å². The number of amides is 1. The number of rotatable bonds is 6. The van der Waals surface area contributed by atoms with Crippen LogP contribution in [0, 0.1) is 11.8 Å². The molecule has 2 atom stereocenters. The van der Waals surface area contributed by atoms with Crippen LogP contribution in [0.1, 0.15) is 12.8 Å². The van der Waals surface area contributed by atoms with Gasteiger partial charge in [0.05, 0.1) is 13.2 Å². The van der Waals surface area contributed by atoms with Crippen LogP contribution in [0.25, 0.3) is 0 Å². The van der Waals surface area contributed by atoms with E-state index in [1.807, 2.05) is 7.05 Å². The van der Waals surface area contributed by atoms with Gasteiger partial charge >= 0.3 is 0 Å². The number of nitrogens with zero attached hydrogens (tertiary/aromatic N) is 3. The molecule has 0 bridgehead atoms. The molecule has 0 spiro atoms. The summed E-state index contributed by atoms with van der Waals surface area (Å²) in [5.41, 5.74) is 0. The van der Waals surface area contributed by atoms with Crippen LogP contribution >= 0.6 is 24.0 Å². The highest BCUT2D eigenvalue weighted by atomic mass is 127. The number of carbonyl (C=O) groups is 1. The lowest BCUT2D eigenvalue weighted by atomic mass is 10.1. The molecule has 2 heterocycles. The zero-order valence-corrected chi connectivity index (χ0v) is 17.3. The lowest BCUT2D eigenvalue weighted by Gasteiger charge is -2.26. The van der Waals surface area contributed by atoms with Gasteiger partial charge in [-0.25, -0.2) is 4.99 Å². The Hall–Kier alpha value is -0.610. The number of guanidine groups is 1. The maximum absolute atomic E-state index is 11.8. The van der Waals surface area contributed by atoms with Crippen LogP contribution in [0.3, 0.4) is 0 Å².